The summed E-state index contributed by atoms with van der Waals surface area (Å²) in [4.78, 5) is 11.3. The fraction of sp³-hybridized carbons (Fsp3) is 0.200. The standard InChI is InChI=1S/C10H10N2O3.H2O/c13-10-8(11-14)6-9(12(10)15)7-4-2-1-3-5-7;/h1-5,9,14-15H,6H2;1H2. The van der Waals surface area contributed by atoms with Gasteiger partial charge in [-0.15, -0.1) is 0 Å². The highest BCUT2D eigenvalue weighted by Crippen LogP contribution is 2.29. The SMILES string of the molecule is O.O=C1C(=NO)CC(c2ccccc2)N1O. The third kappa shape index (κ3) is 1.88. The average Bonchev–Trinajstić information content (AvgIpc) is 2.57. The minimum absolute atomic E-state index is 0. The van der Waals surface area contributed by atoms with Crippen molar-refractivity contribution in [2.75, 3.05) is 0 Å². The maximum atomic E-state index is 11.3. The minimum atomic E-state index is -0.647. The van der Waals surface area contributed by atoms with Crippen molar-refractivity contribution in [2.24, 2.45) is 5.16 Å². The predicted molar refractivity (Wildman–Crippen MR) is 55.3 cm³/mol. The first-order valence-electron chi connectivity index (χ1n) is 4.52. The number of nitrogens with zero attached hydrogens (tertiary/aromatic N) is 2. The number of carbonyl (C=O) groups is 1. The Bertz CT molecular complexity index is 405. The molecule has 16 heavy (non-hydrogen) atoms. The Morgan fingerprint density at radius 3 is 2.44 bits per heavy atom. The second-order valence-electron chi connectivity index (χ2n) is 3.33. The van der Waals surface area contributed by atoms with Crippen molar-refractivity contribution >= 4 is 11.6 Å². The Morgan fingerprint density at radius 2 is 1.94 bits per heavy atom. The van der Waals surface area contributed by atoms with Crippen LogP contribution in [0.3, 0.4) is 0 Å². The molecule has 2 rings (SSSR count). The molecule has 1 aliphatic heterocycles. The van der Waals surface area contributed by atoms with Gasteiger partial charge in [-0.05, 0) is 5.56 Å². The molecule has 6 nitrogen and oxygen atoms in total. The van der Waals surface area contributed by atoms with Gasteiger partial charge < -0.3 is 10.7 Å². The highest BCUT2D eigenvalue weighted by Gasteiger charge is 2.37. The molecule has 0 aromatic heterocycles. The van der Waals surface area contributed by atoms with Crippen LogP contribution in [0, 0.1) is 0 Å². The van der Waals surface area contributed by atoms with Crippen LogP contribution in [-0.4, -0.2) is 32.6 Å². The van der Waals surface area contributed by atoms with Gasteiger partial charge in [-0.2, -0.15) is 0 Å². The number of hydrogen-bond acceptors (Lipinski definition) is 4. The zero-order valence-corrected chi connectivity index (χ0v) is 8.37. The van der Waals surface area contributed by atoms with Gasteiger partial charge in [-0.3, -0.25) is 10.0 Å². The number of hydrogen-bond donors (Lipinski definition) is 2. The Kier molecular flexibility index (Phi) is 3.60. The van der Waals surface area contributed by atoms with Gasteiger partial charge in [-0.25, -0.2) is 5.06 Å². The number of amides is 1. The Labute approximate surface area is 91.7 Å². The number of oxime groups is 1. The van der Waals surface area contributed by atoms with Crippen LogP contribution in [-0.2, 0) is 4.79 Å². The highest BCUT2D eigenvalue weighted by molar-refractivity contribution is 6.40. The molecule has 0 spiro atoms. The zero-order valence-electron chi connectivity index (χ0n) is 8.37. The first-order chi connectivity index (χ1) is 7.24. The van der Waals surface area contributed by atoms with Gasteiger partial charge >= 0.3 is 0 Å². The average molecular weight is 224 g/mol. The van der Waals surface area contributed by atoms with Gasteiger partial charge in [0.05, 0.1) is 6.04 Å². The number of rotatable bonds is 1. The fourth-order valence-corrected chi connectivity index (χ4v) is 1.65. The molecule has 1 fully saturated rings. The third-order valence-corrected chi connectivity index (χ3v) is 2.44. The van der Waals surface area contributed by atoms with E-state index in [1.807, 2.05) is 30.3 Å². The van der Waals surface area contributed by atoms with Gasteiger partial charge in [-0.1, -0.05) is 35.5 Å². The van der Waals surface area contributed by atoms with E-state index in [2.05, 4.69) is 5.16 Å². The summed E-state index contributed by atoms with van der Waals surface area (Å²) in [5.41, 5.74) is 0.790. The van der Waals surface area contributed by atoms with E-state index in [1.165, 1.54) is 0 Å². The molecular weight excluding hydrogens is 212 g/mol. The van der Waals surface area contributed by atoms with Crippen molar-refractivity contribution in [3.05, 3.63) is 35.9 Å². The van der Waals surface area contributed by atoms with E-state index in [-0.39, 0.29) is 17.6 Å². The molecule has 6 heteroatoms. The molecule has 1 atom stereocenters. The summed E-state index contributed by atoms with van der Waals surface area (Å²) in [5, 5.41) is 21.5. The molecule has 1 heterocycles. The van der Waals surface area contributed by atoms with E-state index >= 15 is 0 Å². The summed E-state index contributed by atoms with van der Waals surface area (Å²) in [6.45, 7) is 0. The van der Waals surface area contributed by atoms with Crippen molar-refractivity contribution in [3.63, 3.8) is 0 Å². The molecule has 1 saturated heterocycles. The van der Waals surface area contributed by atoms with Crippen molar-refractivity contribution in [3.8, 4) is 0 Å². The lowest BCUT2D eigenvalue weighted by Crippen LogP contribution is -2.25. The molecule has 1 aromatic carbocycles. The highest BCUT2D eigenvalue weighted by atomic mass is 16.5. The Morgan fingerprint density at radius 1 is 1.31 bits per heavy atom. The molecule has 1 aromatic rings. The van der Waals surface area contributed by atoms with Crippen LogP contribution >= 0.6 is 0 Å². The van der Waals surface area contributed by atoms with Crippen LogP contribution in [0.4, 0.5) is 0 Å². The van der Waals surface area contributed by atoms with Gasteiger partial charge in [0.2, 0.25) is 0 Å². The number of benzene rings is 1. The zero-order chi connectivity index (χ0) is 10.8. The van der Waals surface area contributed by atoms with E-state index < -0.39 is 11.9 Å². The summed E-state index contributed by atoms with van der Waals surface area (Å²) in [7, 11) is 0. The summed E-state index contributed by atoms with van der Waals surface area (Å²) in [5.74, 6) is -0.647. The van der Waals surface area contributed by atoms with E-state index in [0.717, 1.165) is 5.56 Å². The van der Waals surface area contributed by atoms with Crippen LogP contribution < -0.4 is 0 Å². The topological polar surface area (TPSA) is 105 Å². The van der Waals surface area contributed by atoms with Crippen molar-refractivity contribution in [1.82, 2.24) is 5.06 Å². The van der Waals surface area contributed by atoms with Crippen molar-refractivity contribution in [1.29, 1.82) is 0 Å². The Balaban J connectivity index is 0.00000128. The van der Waals surface area contributed by atoms with Crippen LogP contribution in [0.5, 0.6) is 0 Å². The van der Waals surface area contributed by atoms with Gasteiger partial charge in [0.25, 0.3) is 5.91 Å². The van der Waals surface area contributed by atoms with Gasteiger partial charge in [0.15, 0.2) is 0 Å². The monoisotopic (exact) mass is 224 g/mol. The quantitative estimate of drug-likeness (QED) is 0.408. The second kappa shape index (κ2) is 4.73. The number of hydroxylamine groups is 2. The smallest absolute Gasteiger partial charge is 0.295 e. The summed E-state index contributed by atoms with van der Waals surface area (Å²) in [6.07, 6.45) is 0.218. The molecule has 4 N–H and O–H groups in total. The van der Waals surface area contributed by atoms with E-state index in [1.54, 1.807) is 0 Å². The molecule has 1 aliphatic rings. The molecule has 0 aliphatic carbocycles. The molecular formula is C10H12N2O4. The molecule has 0 radical (unpaired) electrons. The van der Waals surface area contributed by atoms with Crippen LogP contribution in [0.1, 0.15) is 18.0 Å². The molecule has 86 valence electrons. The van der Waals surface area contributed by atoms with Crippen LogP contribution in [0.15, 0.2) is 35.5 Å². The largest absolute Gasteiger partial charge is 0.412 e. The second-order valence-corrected chi connectivity index (χ2v) is 3.33. The lowest BCUT2D eigenvalue weighted by Gasteiger charge is -2.16. The number of carbonyl (C=O) groups excluding carboxylic acids is 1. The predicted octanol–water partition coefficient (Wildman–Crippen LogP) is 0.355. The van der Waals surface area contributed by atoms with Crippen LogP contribution in [0.25, 0.3) is 0 Å². The first-order valence-corrected chi connectivity index (χ1v) is 4.52. The van der Waals surface area contributed by atoms with E-state index in [9.17, 15) is 10.0 Å². The summed E-state index contributed by atoms with van der Waals surface area (Å²) < 4.78 is 0. The maximum absolute atomic E-state index is 11.3. The molecule has 1 amide bonds. The molecule has 0 saturated carbocycles. The maximum Gasteiger partial charge on any atom is 0.295 e. The lowest BCUT2D eigenvalue weighted by atomic mass is 10.1. The van der Waals surface area contributed by atoms with Crippen molar-refractivity contribution in [2.45, 2.75) is 12.5 Å². The fourth-order valence-electron chi connectivity index (χ4n) is 1.65. The third-order valence-electron chi connectivity index (χ3n) is 2.44. The van der Waals surface area contributed by atoms with E-state index in [4.69, 9.17) is 5.21 Å². The van der Waals surface area contributed by atoms with Crippen molar-refractivity contribution < 1.29 is 20.7 Å². The van der Waals surface area contributed by atoms with E-state index in [0.29, 0.717) is 5.06 Å². The molecule has 1 unspecified atom stereocenters. The first kappa shape index (κ1) is 12.2. The van der Waals surface area contributed by atoms with Gasteiger partial charge in [0.1, 0.15) is 5.71 Å². The summed E-state index contributed by atoms with van der Waals surface area (Å²) >= 11 is 0. The lowest BCUT2D eigenvalue weighted by molar-refractivity contribution is -0.162. The minimum Gasteiger partial charge on any atom is -0.412 e. The Hall–Kier alpha value is -1.92. The van der Waals surface area contributed by atoms with Crippen LogP contribution in [0.2, 0.25) is 0 Å². The summed E-state index contributed by atoms with van der Waals surface area (Å²) in [6, 6.07) is 8.65. The van der Waals surface area contributed by atoms with Gasteiger partial charge in [0, 0.05) is 6.42 Å². The molecule has 0 bridgehead atoms. The normalized spacial score (nSPS) is 22.3.